The Morgan fingerprint density at radius 2 is 0.794 bits per heavy atom. The van der Waals surface area contributed by atoms with Crippen LogP contribution in [0.3, 0.4) is 0 Å². The lowest BCUT2D eigenvalue weighted by Crippen LogP contribution is -2.17. The van der Waals surface area contributed by atoms with Gasteiger partial charge < -0.3 is 13.7 Å². The minimum atomic E-state index is 0.274. The number of allylic oxidation sites excluding steroid dienone is 3. The molecule has 2 aromatic heterocycles. The van der Waals surface area contributed by atoms with E-state index in [1.165, 1.54) is 27.8 Å². The summed E-state index contributed by atoms with van der Waals surface area (Å²) >= 11 is 0. The molecule has 11 aromatic rings. The first-order valence-electron chi connectivity index (χ1n) is 21.7. The predicted octanol–water partition coefficient (Wildman–Crippen LogP) is 16.9. The van der Waals surface area contributed by atoms with Crippen molar-refractivity contribution in [3.05, 3.63) is 242 Å². The molecule has 3 heteroatoms. The first-order valence-corrected chi connectivity index (χ1v) is 21.7. The van der Waals surface area contributed by atoms with Crippen molar-refractivity contribution in [2.24, 2.45) is 0 Å². The number of hydrogen-bond acceptors (Lipinski definition) is 3. The van der Waals surface area contributed by atoms with E-state index >= 15 is 0 Å². The molecule has 9 aromatic carbocycles. The molecule has 3 nitrogen and oxygen atoms in total. The topological polar surface area (TPSA) is 29.5 Å². The minimum absolute atomic E-state index is 0.274. The highest BCUT2D eigenvalue weighted by molar-refractivity contribution is 6.10. The van der Waals surface area contributed by atoms with Crippen LogP contribution in [-0.4, -0.2) is 0 Å². The molecular weight excluding hydrogens is 767 g/mol. The fourth-order valence-corrected chi connectivity index (χ4v) is 9.41. The fourth-order valence-electron chi connectivity index (χ4n) is 9.41. The molecule has 1 atom stereocenters. The molecule has 0 saturated carbocycles. The Morgan fingerprint density at radius 1 is 0.365 bits per heavy atom. The van der Waals surface area contributed by atoms with Crippen molar-refractivity contribution in [3.63, 3.8) is 0 Å². The summed E-state index contributed by atoms with van der Waals surface area (Å²) in [7, 11) is 0. The van der Waals surface area contributed by atoms with Gasteiger partial charge >= 0.3 is 0 Å². The Labute approximate surface area is 366 Å². The number of nitrogens with zero attached hydrogens (tertiary/aromatic N) is 1. The van der Waals surface area contributed by atoms with Crippen molar-refractivity contribution in [2.45, 2.75) is 12.3 Å². The van der Waals surface area contributed by atoms with E-state index in [9.17, 15) is 0 Å². The Hall–Kier alpha value is -8.14. The lowest BCUT2D eigenvalue weighted by Gasteiger charge is -2.29. The number of hydrogen-bond donors (Lipinski definition) is 0. The van der Waals surface area contributed by atoms with Gasteiger partial charge in [-0.05, 0) is 87.8 Å². The van der Waals surface area contributed by atoms with Gasteiger partial charge in [-0.15, -0.1) is 0 Å². The average Bonchev–Trinajstić information content (AvgIpc) is 3.94. The second kappa shape index (κ2) is 15.4. The molecule has 0 aliphatic heterocycles. The number of rotatable bonds is 8. The monoisotopic (exact) mass is 807 g/mol. The molecule has 63 heavy (non-hydrogen) atoms. The minimum Gasteiger partial charge on any atom is -0.455 e. The quantitative estimate of drug-likeness (QED) is 0.153. The van der Waals surface area contributed by atoms with Crippen LogP contribution in [0.25, 0.3) is 88.4 Å². The summed E-state index contributed by atoms with van der Waals surface area (Å²) in [5, 5.41) is 4.59. The number of para-hydroxylation sites is 4. The second-order valence-corrected chi connectivity index (χ2v) is 16.4. The van der Waals surface area contributed by atoms with Crippen LogP contribution < -0.4 is 4.90 Å². The molecule has 1 aliphatic carbocycles. The zero-order valence-electron chi connectivity index (χ0n) is 34.5. The third-order valence-corrected chi connectivity index (χ3v) is 12.7. The van der Waals surface area contributed by atoms with Crippen LogP contribution in [-0.2, 0) is 0 Å². The van der Waals surface area contributed by atoms with Crippen molar-refractivity contribution < 1.29 is 8.83 Å². The van der Waals surface area contributed by atoms with E-state index in [0.29, 0.717) is 0 Å². The lowest BCUT2D eigenvalue weighted by molar-refractivity contribution is 0.669. The molecule has 0 bridgehead atoms. The molecule has 0 fully saturated rings. The van der Waals surface area contributed by atoms with E-state index in [0.717, 1.165) is 89.6 Å². The van der Waals surface area contributed by atoms with Gasteiger partial charge in [0.25, 0.3) is 0 Å². The molecule has 1 aliphatic rings. The molecule has 0 spiro atoms. The van der Waals surface area contributed by atoms with E-state index in [4.69, 9.17) is 8.83 Å². The van der Waals surface area contributed by atoms with Crippen LogP contribution in [0.5, 0.6) is 0 Å². The van der Waals surface area contributed by atoms with Crippen molar-refractivity contribution in [3.8, 4) is 44.5 Å². The van der Waals surface area contributed by atoms with E-state index in [-0.39, 0.29) is 5.92 Å². The van der Waals surface area contributed by atoms with Crippen molar-refractivity contribution >= 4 is 55.3 Å². The number of benzene rings is 9. The third kappa shape index (κ3) is 6.63. The smallest absolute Gasteiger partial charge is 0.143 e. The summed E-state index contributed by atoms with van der Waals surface area (Å²) < 4.78 is 12.7. The first-order chi connectivity index (χ1) is 31.2. The van der Waals surface area contributed by atoms with Crippen LogP contribution in [0.1, 0.15) is 17.9 Å². The lowest BCUT2D eigenvalue weighted by atomic mass is 9.90. The molecule has 0 saturated heterocycles. The highest BCUT2D eigenvalue weighted by Crippen LogP contribution is 2.40. The van der Waals surface area contributed by atoms with Gasteiger partial charge in [0, 0.05) is 55.7 Å². The van der Waals surface area contributed by atoms with Gasteiger partial charge in [0.2, 0.25) is 0 Å². The van der Waals surface area contributed by atoms with E-state index in [2.05, 4.69) is 211 Å². The SMILES string of the molecule is C1=CC(c2ccc(-c3cccc4c3oc3ccccc34)cc2)CC=C1N(c1ccc(-c2ccccc2)cc1)c1ccc(-c2ccc(-c3cccc4c3oc3ccccc34)cc2)cc1. The molecule has 12 rings (SSSR count). The average molecular weight is 808 g/mol. The first kappa shape index (κ1) is 36.7. The van der Waals surface area contributed by atoms with Gasteiger partial charge in [-0.25, -0.2) is 0 Å². The Bertz CT molecular complexity index is 3500. The van der Waals surface area contributed by atoms with E-state index < -0.39 is 0 Å². The second-order valence-electron chi connectivity index (χ2n) is 16.4. The Morgan fingerprint density at radius 3 is 1.30 bits per heavy atom. The van der Waals surface area contributed by atoms with Crippen LogP contribution in [0.15, 0.2) is 245 Å². The summed E-state index contributed by atoms with van der Waals surface area (Å²) in [4.78, 5) is 2.37. The van der Waals surface area contributed by atoms with Crippen molar-refractivity contribution in [1.29, 1.82) is 0 Å². The summed E-state index contributed by atoms with van der Waals surface area (Å²) in [6.45, 7) is 0. The van der Waals surface area contributed by atoms with Crippen LogP contribution in [0.2, 0.25) is 0 Å². The number of anilines is 2. The normalized spacial score (nSPS) is 13.8. The molecule has 0 N–H and O–H groups in total. The van der Waals surface area contributed by atoms with Gasteiger partial charge in [0.1, 0.15) is 22.3 Å². The summed E-state index contributed by atoms with van der Waals surface area (Å²) in [6.07, 6.45) is 7.93. The Kier molecular flexibility index (Phi) is 8.97. The van der Waals surface area contributed by atoms with Crippen LogP contribution >= 0.6 is 0 Å². The molecule has 298 valence electrons. The van der Waals surface area contributed by atoms with E-state index in [1.54, 1.807) is 0 Å². The maximum absolute atomic E-state index is 6.36. The maximum atomic E-state index is 6.36. The molecule has 1 unspecified atom stereocenters. The summed E-state index contributed by atoms with van der Waals surface area (Å²) in [5.74, 6) is 0.274. The van der Waals surface area contributed by atoms with Gasteiger partial charge in [0.05, 0.1) is 0 Å². The summed E-state index contributed by atoms with van der Waals surface area (Å²) in [6, 6.07) is 75.7. The zero-order valence-corrected chi connectivity index (χ0v) is 34.5. The van der Waals surface area contributed by atoms with Crippen molar-refractivity contribution in [2.75, 3.05) is 4.90 Å². The standard InChI is InChI=1S/C60H41NO2/c1-2-10-40(11-3-1)43-28-34-48(35-29-43)61(49-36-30-44(31-37-49)41-20-24-46(25-21-41)51-14-8-16-55-53-12-4-6-18-57(53)62-59(51)55)50-38-32-45(33-39-50)42-22-26-47(27-23-42)52-15-9-17-56-54-13-5-7-19-58(54)63-60(52)56/h1-32,34-39,45H,33H2. The van der Waals surface area contributed by atoms with Gasteiger partial charge in [-0.3, -0.25) is 0 Å². The largest absolute Gasteiger partial charge is 0.455 e. The van der Waals surface area contributed by atoms with Crippen molar-refractivity contribution in [1.82, 2.24) is 0 Å². The molecule has 0 radical (unpaired) electrons. The van der Waals surface area contributed by atoms with Crippen LogP contribution in [0.4, 0.5) is 11.4 Å². The Balaban J connectivity index is 0.824. The van der Waals surface area contributed by atoms with Crippen LogP contribution in [0, 0.1) is 0 Å². The number of furan rings is 2. The molecular formula is C60H41NO2. The fraction of sp³-hybridized carbons (Fsp3) is 0.0333. The van der Waals surface area contributed by atoms with Gasteiger partial charge in [-0.2, -0.15) is 0 Å². The summed E-state index contributed by atoms with van der Waals surface area (Å²) in [5.41, 5.74) is 17.6. The highest BCUT2D eigenvalue weighted by atomic mass is 16.3. The maximum Gasteiger partial charge on any atom is 0.143 e. The third-order valence-electron chi connectivity index (χ3n) is 12.7. The zero-order chi connectivity index (χ0) is 41.7. The highest BCUT2D eigenvalue weighted by Gasteiger charge is 2.20. The predicted molar refractivity (Wildman–Crippen MR) is 262 cm³/mol. The molecule has 0 amide bonds. The van der Waals surface area contributed by atoms with E-state index in [1.807, 2.05) is 24.3 Å². The molecule has 2 heterocycles. The van der Waals surface area contributed by atoms with Gasteiger partial charge in [0.15, 0.2) is 0 Å². The van der Waals surface area contributed by atoms with Gasteiger partial charge in [-0.1, -0.05) is 188 Å². The number of fused-ring (bicyclic) bond motifs is 6.